The Labute approximate surface area is 154 Å². The van der Waals surface area contributed by atoms with Crippen LogP contribution in [0, 0.1) is 5.41 Å². The van der Waals surface area contributed by atoms with Crippen LogP contribution in [0.2, 0.25) is 0 Å². The summed E-state index contributed by atoms with van der Waals surface area (Å²) in [5.41, 5.74) is 0.834. The minimum absolute atomic E-state index is 0.0429. The standard InChI is InChI=1S/C20H28N2O4/c23-16-3-1-15(2-4-16)19(25)22-9-6-20(7-10-22)11-18(26-14-20)13-21-8-5-17(24)12-21/h1-4,17-18,23-24H,5-14H2/t17-,18+/m1/s1. The maximum Gasteiger partial charge on any atom is 0.253 e. The van der Waals surface area contributed by atoms with E-state index < -0.39 is 0 Å². The second-order valence-corrected chi connectivity index (χ2v) is 8.18. The monoisotopic (exact) mass is 360 g/mol. The zero-order chi connectivity index (χ0) is 18.1. The molecule has 3 aliphatic rings. The van der Waals surface area contributed by atoms with Crippen molar-refractivity contribution in [1.82, 2.24) is 9.80 Å². The van der Waals surface area contributed by atoms with Crippen LogP contribution in [0.4, 0.5) is 0 Å². The number of hydrogen-bond donors (Lipinski definition) is 2. The number of hydrogen-bond acceptors (Lipinski definition) is 5. The van der Waals surface area contributed by atoms with Gasteiger partial charge in [-0.25, -0.2) is 0 Å². The van der Waals surface area contributed by atoms with Crippen LogP contribution < -0.4 is 0 Å². The van der Waals surface area contributed by atoms with E-state index in [0.29, 0.717) is 5.56 Å². The highest BCUT2D eigenvalue weighted by molar-refractivity contribution is 5.94. The Bertz CT molecular complexity index is 640. The Hall–Kier alpha value is -1.63. The molecule has 6 heteroatoms. The number of piperidine rings is 1. The third-order valence-corrected chi connectivity index (χ3v) is 6.22. The first-order valence-electron chi connectivity index (χ1n) is 9.63. The SMILES string of the molecule is O=C(c1ccc(O)cc1)N1CCC2(CC1)CO[C@H](CN1CC[C@@H](O)C1)C2. The van der Waals surface area contributed by atoms with Crippen molar-refractivity contribution >= 4 is 5.91 Å². The van der Waals surface area contributed by atoms with E-state index in [2.05, 4.69) is 4.90 Å². The van der Waals surface area contributed by atoms with Crippen LogP contribution in [-0.4, -0.2) is 77.5 Å². The molecule has 3 fully saturated rings. The van der Waals surface area contributed by atoms with Crippen molar-refractivity contribution < 1.29 is 19.7 Å². The van der Waals surface area contributed by atoms with E-state index in [0.717, 1.165) is 65.0 Å². The fraction of sp³-hybridized carbons (Fsp3) is 0.650. The van der Waals surface area contributed by atoms with Crippen molar-refractivity contribution in [1.29, 1.82) is 0 Å². The Morgan fingerprint density at radius 1 is 1.19 bits per heavy atom. The largest absolute Gasteiger partial charge is 0.508 e. The fourth-order valence-corrected chi connectivity index (χ4v) is 4.60. The summed E-state index contributed by atoms with van der Waals surface area (Å²) >= 11 is 0. The second-order valence-electron chi connectivity index (χ2n) is 8.18. The molecule has 1 spiro atoms. The minimum atomic E-state index is -0.181. The van der Waals surface area contributed by atoms with Crippen molar-refractivity contribution in [2.45, 2.75) is 37.9 Å². The van der Waals surface area contributed by atoms with Gasteiger partial charge in [0.1, 0.15) is 5.75 Å². The number of aromatic hydroxyl groups is 1. The number of β-amino-alcohol motifs (C(OH)–C–C–N with tert-alkyl or cyclic N) is 1. The molecule has 1 aromatic carbocycles. The van der Waals surface area contributed by atoms with Gasteiger partial charge >= 0.3 is 0 Å². The van der Waals surface area contributed by atoms with E-state index in [1.54, 1.807) is 24.3 Å². The van der Waals surface area contributed by atoms with Crippen LogP contribution in [0.5, 0.6) is 5.75 Å². The van der Waals surface area contributed by atoms with Crippen molar-refractivity contribution in [3.8, 4) is 5.75 Å². The molecule has 0 radical (unpaired) electrons. The second kappa shape index (κ2) is 7.18. The summed E-state index contributed by atoms with van der Waals surface area (Å²) < 4.78 is 6.08. The van der Waals surface area contributed by atoms with Gasteiger partial charge in [0.2, 0.25) is 0 Å². The summed E-state index contributed by atoms with van der Waals surface area (Å²) in [6.45, 7) is 4.95. The average molecular weight is 360 g/mol. The number of aliphatic hydroxyl groups is 1. The molecule has 0 aromatic heterocycles. The Morgan fingerprint density at radius 2 is 1.92 bits per heavy atom. The number of likely N-dealkylation sites (tertiary alicyclic amines) is 2. The number of carbonyl (C=O) groups is 1. The average Bonchev–Trinajstić information content (AvgIpc) is 3.22. The number of phenols is 1. The summed E-state index contributed by atoms with van der Waals surface area (Å²) in [7, 11) is 0. The van der Waals surface area contributed by atoms with E-state index in [1.807, 2.05) is 4.90 Å². The van der Waals surface area contributed by atoms with Gasteiger partial charge in [-0.2, -0.15) is 0 Å². The fourth-order valence-electron chi connectivity index (χ4n) is 4.60. The lowest BCUT2D eigenvalue weighted by Crippen LogP contribution is -2.43. The number of rotatable bonds is 3. The summed E-state index contributed by atoms with van der Waals surface area (Å²) in [4.78, 5) is 16.8. The lowest BCUT2D eigenvalue weighted by molar-refractivity contribution is 0.0451. The molecule has 0 bridgehead atoms. The maximum absolute atomic E-state index is 12.6. The molecule has 1 amide bonds. The number of nitrogens with zero attached hydrogens (tertiary/aromatic N) is 2. The third kappa shape index (κ3) is 3.72. The van der Waals surface area contributed by atoms with Crippen LogP contribution in [0.25, 0.3) is 0 Å². The van der Waals surface area contributed by atoms with Crippen LogP contribution in [-0.2, 0) is 4.74 Å². The highest BCUT2D eigenvalue weighted by Crippen LogP contribution is 2.42. The number of amides is 1. The molecule has 0 aliphatic carbocycles. The Morgan fingerprint density at radius 3 is 2.58 bits per heavy atom. The summed E-state index contributed by atoms with van der Waals surface area (Å²) in [6, 6.07) is 6.48. The predicted molar refractivity (Wildman–Crippen MR) is 97.1 cm³/mol. The first kappa shape index (κ1) is 17.8. The molecule has 6 nitrogen and oxygen atoms in total. The van der Waals surface area contributed by atoms with Gasteiger partial charge in [-0.05, 0) is 55.4 Å². The van der Waals surface area contributed by atoms with Crippen molar-refractivity contribution in [3.05, 3.63) is 29.8 Å². The van der Waals surface area contributed by atoms with Gasteiger partial charge in [-0.1, -0.05) is 0 Å². The lowest BCUT2D eigenvalue weighted by Gasteiger charge is -2.38. The molecule has 4 rings (SSSR count). The maximum atomic E-state index is 12.6. The van der Waals surface area contributed by atoms with Gasteiger partial charge in [0, 0.05) is 38.3 Å². The van der Waals surface area contributed by atoms with Crippen LogP contribution in [0.1, 0.15) is 36.0 Å². The predicted octanol–water partition coefficient (Wildman–Crippen LogP) is 1.47. The summed E-state index contributed by atoms with van der Waals surface area (Å²) in [6.07, 6.45) is 3.96. The zero-order valence-corrected chi connectivity index (χ0v) is 15.1. The minimum Gasteiger partial charge on any atom is -0.508 e. The van der Waals surface area contributed by atoms with E-state index >= 15 is 0 Å². The molecule has 3 heterocycles. The van der Waals surface area contributed by atoms with E-state index in [9.17, 15) is 15.0 Å². The van der Waals surface area contributed by atoms with E-state index in [-0.39, 0.29) is 29.3 Å². The molecule has 0 saturated carbocycles. The highest BCUT2D eigenvalue weighted by Gasteiger charge is 2.43. The Balaban J connectivity index is 1.29. The van der Waals surface area contributed by atoms with Crippen LogP contribution >= 0.6 is 0 Å². The molecular weight excluding hydrogens is 332 g/mol. The van der Waals surface area contributed by atoms with Crippen LogP contribution in [0.15, 0.2) is 24.3 Å². The molecule has 3 saturated heterocycles. The van der Waals surface area contributed by atoms with Crippen molar-refractivity contribution in [2.75, 3.05) is 39.3 Å². The van der Waals surface area contributed by atoms with Gasteiger partial charge in [0.05, 0.1) is 18.8 Å². The van der Waals surface area contributed by atoms with Crippen molar-refractivity contribution in [3.63, 3.8) is 0 Å². The van der Waals surface area contributed by atoms with E-state index in [4.69, 9.17) is 4.74 Å². The molecule has 142 valence electrons. The summed E-state index contributed by atoms with van der Waals surface area (Å²) in [5.74, 6) is 0.222. The number of phenolic OH excluding ortho intramolecular Hbond substituents is 1. The molecule has 3 aliphatic heterocycles. The number of ether oxygens (including phenoxy) is 1. The Kier molecular flexibility index (Phi) is 4.90. The van der Waals surface area contributed by atoms with Gasteiger partial charge in [0.15, 0.2) is 0 Å². The zero-order valence-electron chi connectivity index (χ0n) is 15.1. The molecule has 0 unspecified atom stereocenters. The normalized spacial score (nSPS) is 28.7. The molecule has 1 aromatic rings. The van der Waals surface area contributed by atoms with Gasteiger partial charge in [0.25, 0.3) is 5.91 Å². The molecule has 26 heavy (non-hydrogen) atoms. The van der Waals surface area contributed by atoms with Gasteiger partial charge < -0.3 is 19.8 Å². The molecule has 2 atom stereocenters. The summed E-state index contributed by atoms with van der Waals surface area (Å²) in [5, 5.41) is 19.0. The van der Waals surface area contributed by atoms with Crippen molar-refractivity contribution in [2.24, 2.45) is 5.41 Å². The first-order valence-corrected chi connectivity index (χ1v) is 9.63. The molecular formula is C20H28N2O4. The number of carbonyl (C=O) groups excluding carboxylic acids is 1. The molecule has 2 N–H and O–H groups in total. The number of benzene rings is 1. The first-order chi connectivity index (χ1) is 12.5. The van der Waals surface area contributed by atoms with Gasteiger partial charge in [-0.3, -0.25) is 9.69 Å². The number of aliphatic hydroxyl groups excluding tert-OH is 1. The topological polar surface area (TPSA) is 73.2 Å². The third-order valence-electron chi connectivity index (χ3n) is 6.22. The van der Waals surface area contributed by atoms with Gasteiger partial charge in [-0.15, -0.1) is 0 Å². The van der Waals surface area contributed by atoms with E-state index in [1.165, 1.54) is 0 Å². The van der Waals surface area contributed by atoms with Crippen LogP contribution in [0.3, 0.4) is 0 Å². The quantitative estimate of drug-likeness (QED) is 0.854. The lowest BCUT2D eigenvalue weighted by atomic mass is 9.76. The highest BCUT2D eigenvalue weighted by atomic mass is 16.5. The smallest absolute Gasteiger partial charge is 0.253 e.